The summed E-state index contributed by atoms with van der Waals surface area (Å²) >= 11 is 0. The molecule has 1 unspecified atom stereocenters. The van der Waals surface area contributed by atoms with Gasteiger partial charge in [0.2, 0.25) is 0 Å². The van der Waals surface area contributed by atoms with Crippen molar-refractivity contribution in [3.8, 4) is 0 Å². The van der Waals surface area contributed by atoms with Crippen LogP contribution in [0.25, 0.3) is 0 Å². The van der Waals surface area contributed by atoms with Crippen molar-refractivity contribution in [3.05, 3.63) is 51.7 Å². The predicted molar refractivity (Wildman–Crippen MR) is 116 cm³/mol. The SMILES string of the molecule is O=C(c1cnccn1)N1CCCCC1c1nc2c(c(=O)[nH]1)CCN(C1CCCCC1)C2. The van der Waals surface area contributed by atoms with Crippen LogP contribution in [-0.2, 0) is 13.0 Å². The summed E-state index contributed by atoms with van der Waals surface area (Å²) in [7, 11) is 0. The number of H-pyrrole nitrogens is 1. The van der Waals surface area contributed by atoms with E-state index in [9.17, 15) is 9.59 Å². The summed E-state index contributed by atoms with van der Waals surface area (Å²) in [5.74, 6) is 0.466. The van der Waals surface area contributed by atoms with Gasteiger partial charge in [0, 0.05) is 43.6 Å². The lowest BCUT2D eigenvalue weighted by atomic mass is 9.92. The van der Waals surface area contributed by atoms with E-state index in [1.54, 1.807) is 11.1 Å². The van der Waals surface area contributed by atoms with Gasteiger partial charge in [-0.25, -0.2) is 9.97 Å². The van der Waals surface area contributed by atoms with Crippen molar-refractivity contribution >= 4 is 5.91 Å². The molecular formula is C23H30N6O2. The van der Waals surface area contributed by atoms with Crippen LogP contribution in [0.2, 0.25) is 0 Å². The number of hydrogen-bond donors (Lipinski definition) is 1. The topological polar surface area (TPSA) is 95.1 Å². The number of hydrogen-bond acceptors (Lipinski definition) is 6. The molecule has 164 valence electrons. The van der Waals surface area contributed by atoms with Crippen molar-refractivity contribution in [3.63, 3.8) is 0 Å². The van der Waals surface area contributed by atoms with Crippen molar-refractivity contribution in [2.24, 2.45) is 0 Å². The maximum atomic E-state index is 13.1. The molecule has 0 aromatic carbocycles. The zero-order valence-corrected chi connectivity index (χ0v) is 17.9. The summed E-state index contributed by atoms with van der Waals surface area (Å²) in [5, 5.41) is 0. The number of amides is 1. The van der Waals surface area contributed by atoms with Crippen LogP contribution in [0, 0.1) is 0 Å². The summed E-state index contributed by atoms with van der Waals surface area (Å²) in [6.45, 7) is 2.30. The summed E-state index contributed by atoms with van der Waals surface area (Å²) in [5.41, 5.74) is 2.01. The van der Waals surface area contributed by atoms with E-state index < -0.39 is 0 Å². The van der Waals surface area contributed by atoms with Gasteiger partial charge in [-0.05, 0) is 38.5 Å². The van der Waals surface area contributed by atoms with Crippen LogP contribution in [-0.4, -0.2) is 54.8 Å². The quantitative estimate of drug-likeness (QED) is 0.817. The number of aromatic nitrogens is 4. The van der Waals surface area contributed by atoms with Crippen molar-refractivity contribution in [1.29, 1.82) is 0 Å². The van der Waals surface area contributed by atoms with Gasteiger partial charge in [-0.2, -0.15) is 0 Å². The number of likely N-dealkylation sites (tertiary alicyclic amines) is 1. The van der Waals surface area contributed by atoms with Crippen LogP contribution in [0.4, 0.5) is 0 Å². The summed E-state index contributed by atoms with van der Waals surface area (Å²) in [6, 6.07) is 0.377. The van der Waals surface area contributed by atoms with E-state index in [0.717, 1.165) is 50.0 Å². The molecule has 1 atom stereocenters. The minimum atomic E-state index is -0.230. The zero-order chi connectivity index (χ0) is 21.2. The Bertz CT molecular complexity index is 985. The van der Waals surface area contributed by atoms with E-state index in [1.807, 2.05) is 0 Å². The molecule has 2 aromatic rings. The van der Waals surface area contributed by atoms with Crippen molar-refractivity contribution in [2.45, 2.75) is 76.4 Å². The molecule has 3 aliphatic rings. The van der Waals surface area contributed by atoms with Gasteiger partial charge in [0.1, 0.15) is 11.5 Å². The Labute approximate surface area is 182 Å². The van der Waals surface area contributed by atoms with E-state index in [-0.39, 0.29) is 17.5 Å². The number of nitrogens with zero attached hydrogens (tertiary/aromatic N) is 5. The Hall–Kier alpha value is -2.61. The van der Waals surface area contributed by atoms with Crippen LogP contribution >= 0.6 is 0 Å². The fraction of sp³-hybridized carbons (Fsp3) is 0.609. The first-order chi connectivity index (χ1) is 15.2. The fourth-order valence-corrected chi connectivity index (χ4v) is 5.41. The Kier molecular flexibility index (Phi) is 5.80. The molecule has 0 bridgehead atoms. The Morgan fingerprint density at radius 3 is 2.68 bits per heavy atom. The van der Waals surface area contributed by atoms with Gasteiger partial charge < -0.3 is 9.88 Å². The first kappa shape index (κ1) is 20.3. The van der Waals surface area contributed by atoms with Gasteiger partial charge in [0.15, 0.2) is 0 Å². The summed E-state index contributed by atoms with van der Waals surface area (Å²) < 4.78 is 0. The Morgan fingerprint density at radius 2 is 1.87 bits per heavy atom. The number of aromatic amines is 1. The number of carbonyl (C=O) groups is 1. The van der Waals surface area contributed by atoms with Gasteiger partial charge in [-0.1, -0.05) is 19.3 Å². The standard InChI is InChI=1S/C23H30N6O2/c30-22-17-9-13-28(16-6-2-1-3-7-16)15-19(17)26-21(27-22)20-8-4-5-12-29(20)23(31)18-14-24-10-11-25-18/h10-11,14,16,20H,1-9,12-13,15H2,(H,26,27,30). The van der Waals surface area contributed by atoms with Gasteiger partial charge >= 0.3 is 0 Å². The number of piperidine rings is 1. The number of carbonyl (C=O) groups excluding carboxylic acids is 1. The highest BCUT2D eigenvalue weighted by molar-refractivity contribution is 5.92. The molecule has 1 aliphatic carbocycles. The van der Waals surface area contributed by atoms with Gasteiger partial charge in [0.25, 0.3) is 11.5 Å². The number of nitrogens with one attached hydrogen (secondary N) is 1. The third-order valence-corrected chi connectivity index (χ3v) is 7.07. The van der Waals surface area contributed by atoms with Crippen LogP contribution in [0.3, 0.4) is 0 Å². The molecule has 0 radical (unpaired) electrons. The van der Waals surface area contributed by atoms with Crippen molar-refractivity contribution in [2.75, 3.05) is 13.1 Å². The maximum Gasteiger partial charge on any atom is 0.274 e. The molecule has 4 heterocycles. The van der Waals surface area contributed by atoms with Crippen LogP contribution in [0.15, 0.2) is 23.4 Å². The number of rotatable bonds is 3. The van der Waals surface area contributed by atoms with Crippen molar-refractivity contribution in [1.82, 2.24) is 29.7 Å². The molecule has 1 saturated heterocycles. The Balaban J connectivity index is 1.42. The molecule has 8 heteroatoms. The second-order valence-corrected chi connectivity index (χ2v) is 8.99. The lowest BCUT2D eigenvalue weighted by molar-refractivity contribution is 0.0591. The average Bonchev–Trinajstić information content (AvgIpc) is 2.84. The molecule has 2 aliphatic heterocycles. The Morgan fingerprint density at radius 1 is 1.03 bits per heavy atom. The van der Waals surface area contributed by atoms with E-state index >= 15 is 0 Å². The van der Waals surface area contributed by atoms with E-state index in [2.05, 4.69) is 19.9 Å². The average molecular weight is 423 g/mol. The van der Waals surface area contributed by atoms with Crippen LogP contribution in [0.1, 0.15) is 85.0 Å². The predicted octanol–water partition coefficient (Wildman–Crippen LogP) is 2.62. The molecule has 1 saturated carbocycles. The molecule has 31 heavy (non-hydrogen) atoms. The minimum Gasteiger partial charge on any atom is -0.327 e. The van der Waals surface area contributed by atoms with Gasteiger partial charge in [0.05, 0.1) is 17.9 Å². The highest BCUT2D eigenvalue weighted by Gasteiger charge is 2.33. The highest BCUT2D eigenvalue weighted by Crippen LogP contribution is 2.31. The first-order valence-electron chi connectivity index (χ1n) is 11.6. The third-order valence-electron chi connectivity index (χ3n) is 7.07. The number of fused-ring (bicyclic) bond motifs is 1. The normalized spacial score (nSPS) is 22.8. The molecule has 8 nitrogen and oxygen atoms in total. The largest absolute Gasteiger partial charge is 0.327 e. The minimum absolute atomic E-state index is 0.0410. The van der Waals surface area contributed by atoms with Gasteiger partial charge in [-0.3, -0.25) is 19.5 Å². The maximum absolute atomic E-state index is 13.1. The molecule has 2 fully saturated rings. The molecule has 1 amide bonds. The first-order valence-corrected chi connectivity index (χ1v) is 11.6. The molecule has 5 rings (SSSR count). The van der Waals surface area contributed by atoms with Crippen LogP contribution < -0.4 is 5.56 Å². The summed E-state index contributed by atoms with van der Waals surface area (Å²) in [4.78, 5) is 46.5. The van der Waals surface area contributed by atoms with E-state index in [0.29, 0.717) is 24.1 Å². The van der Waals surface area contributed by atoms with E-state index in [4.69, 9.17) is 4.98 Å². The lowest BCUT2D eigenvalue weighted by Gasteiger charge is -2.38. The lowest BCUT2D eigenvalue weighted by Crippen LogP contribution is -2.44. The highest BCUT2D eigenvalue weighted by atomic mass is 16.2. The monoisotopic (exact) mass is 422 g/mol. The van der Waals surface area contributed by atoms with Gasteiger partial charge in [-0.15, -0.1) is 0 Å². The summed E-state index contributed by atoms with van der Waals surface area (Å²) in [6.07, 6.45) is 14.5. The molecule has 0 spiro atoms. The smallest absolute Gasteiger partial charge is 0.274 e. The molecule has 2 aromatic heterocycles. The second-order valence-electron chi connectivity index (χ2n) is 8.99. The van der Waals surface area contributed by atoms with Crippen molar-refractivity contribution < 1.29 is 4.79 Å². The molecular weight excluding hydrogens is 392 g/mol. The fourth-order valence-electron chi connectivity index (χ4n) is 5.41. The second kappa shape index (κ2) is 8.86. The van der Waals surface area contributed by atoms with E-state index in [1.165, 1.54) is 44.5 Å². The third kappa shape index (κ3) is 4.13. The van der Waals surface area contributed by atoms with Crippen LogP contribution in [0.5, 0.6) is 0 Å². The molecule has 1 N–H and O–H groups in total. The zero-order valence-electron chi connectivity index (χ0n) is 17.9.